The molecule has 1 N–H and O–H groups in total. The van der Waals surface area contributed by atoms with Crippen molar-refractivity contribution >= 4 is 23.4 Å². The number of carbonyl (C=O) groups is 1. The van der Waals surface area contributed by atoms with Crippen LogP contribution in [0.4, 0.5) is 5.69 Å². The van der Waals surface area contributed by atoms with E-state index in [0.29, 0.717) is 23.0 Å². The molecule has 1 amide bonds. The van der Waals surface area contributed by atoms with Crippen molar-refractivity contribution in [1.82, 2.24) is 19.7 Å². The number of amides is 1. The molecule has 0 aliphatic carbocycles. The number of imidazole rings is 1. The molecule has 0 atom stereocenters. The smallest absolute Gasteiger partial charge is 0.256 e. The van der Waals surface area contributed by atoms with Crippen molar-refractivity contribution in [2.24, 2.45) is 0 Å². The molecule has 7 nitrogen and oxygen atoms in total. The highest BCUT2D eigenvalue weighted by Gasteiger charge is 2.13. The van der Waals surface area contributed by atoms with Gasteiger partial charge in [-0.25, -0.2) is 4.98 Å². The molecule has 0 radical (unpaired) electrons. The molecule has 0 saturated carbocycles. The fourth-order valence-corrected chi connectivity index (χ4v) is 3.87. The molecule has 4 aromatic rings. The average molecular weight is 420 g/mol. The number of thioether (sulfide) groups is 1. The molecule has 4 rings (SSSR count). The molecule has 0 fully saturated rings. The Balaban J connectivity index is 1.41. The first kappa shape index (κ1) is 19.9. The second-order valence-corrected chi connectivity index (χ2v) is 7.79. The Bertz CT molecular complexity index is 1150. The van der Waals surface area contributed by atoms with Gasteiger partial charge in [0.1, 0.15) is 5.82 Å². The van der Waals surface area contributed by atoms with E-state index in [0.717, 1.165) is 28.5 Å². The van der Waals surface area contributed by atoms with Crippen molar-refractivity contribution in [3.8, 4) is 0 Å². The van der Waals surface area contributed by atoms with E-state index >= 15 is 0 Å². The number of benzene rings is 2. The van der Waals surface area contributed by atoms with Crippen LogP contribution < -0.4 is 5.32 Å². The third-order valence-electron chi connectivity index (χ3n) is 4.55. The number of anilines is 1. The van der Waals surface area contributed by atoms with Gasteiger partial charge in [0.2, 0.25) is 5.89 Å². The number of rotatable bonds is 7. The number of carbonyl (C=O) groups excluding carboxylic acids is 1. The highest BCUT2D eigenvalue weighted by Crippen LogP contribution is 2.26. The average Bonchev–Trinajstić information content (AvgIpc) is 3.36. The minimum absolute atomic E-state index is 0.152. The second kappa shape index (κ2) is 8.96. The van der Waals surface area contributed by atoms with E-state index in [-0.39, 0.29) is 5.91 Å². The van der Waals surface area contributed by atoms with E-state index < -0.39 is 0 Å². The van der Waals surface area contributed by atoms with Gasteiger partial charge in [-0.15, -0.1) is 11.8 Å². The molecule has 152 valence electrons. The number of hydrogen-bond acceptors (Lipinski definition) is 6. The maximum absolute atomic E-state index is 12.8. The Morgan fingerprint density at radius 2 is 1.93 bits per heavy atom. The van der Waals surface area contributed by atoms with Crippen LogP contribution in [0.2, 0.25) is 0 Å². The van der Waals surface area contributed by atoms with Crippen LogP contribution in [0.5, 0.6) is 0 Å². The summed E-state index contributed by atoms with van der Waals surface area (Å²) in [5.74, 6) is 2.49. The molecule has 2 aromatic heterocycles. The molecule has 8 heteroatoms. The van der Waals surface area contributed by atoms with Gasteiger partial charge >= 0.3 is 0 Å². The molecule has 0 aliphatic heterocycles. The zero-order valence-electron chi connectivity index (χ0n) is 16.7. The monoisotopic (exact) mass is 419 g/mol. The lowest BCUT2D eigenvalue weighted by Gasteiger charge is -2.10. The number of hydrogen-bond donors (Lipinski definition) is 1. The van der Waals surface area contributed by atoms with Crippen LogP contribution in [-0.2, 0) is 12.3 Å². The Kier molecular flexibility index (Phi) is 5.94. The summed E-state index contributed by atoms with van der Waals surface area (Å²) in [4.78, 5) is 22.2. The lowest BCUT2D eigenvalue weighted by Crippen LogP contribution is -2.13. The lowest BCUT2D eigenvalue weighted by atomic mass is 10.1. The van der Waals surface area contributed by atoms with Crippen molar-refractivity contribution < 1.29 is 9.32 Å². The predicted molar refractivity (Wildman–Crippen MR) is 115 cm³/mol. The van der Waals surface area contributed by atoms with Gasteiger partial charge < -0.3 is 14.4 Å². The van der Waals surface area contributed by atoms with E-state index in [2.05, 4.69) is 25.0 Å². The van der Waals surface area contributed by atoms with Crippen LogP contribution >= 0.6 is 11.8 Å². The molecular formula is C22H21N5O2S. The normalized spacial score (nSPS) is 10.9. The number of aryl methyl sites for hydroxylation is 2. The standard InChI is InChI=1S/C22H21N5O2S/c1-15-23-11-12-27(15)13-17-7-9-18(10-8-17)25-22(28)19-5-3-4-6-20(19)30-14-21-24-16(2)29-26-21/h3-12H,13-14H2,1-2H3,(H,25,28). The maximum atomic E-state index is 12.8. The molecule has 0 spiro atoms. The summed E-state index contributed by atoms with van der Waals surface area (Å²) in [5, 5.41) is 6.88. The Morgan fingerprint density at radius 1 is 1.13 bits per heavy atom. The number of nitrogens with one attached hydrogen (secondary N) is 1. The van der Waals surface area contributed by atoms with Gasteiger partial charge in [-0.3, -0.25) is 4.79 Å². The van der Waals surface area contributed by atoms with Crippen molar-refractivity contribution in [3.63, 3.8) is 0 Å². The summed E-state index contributed by atoms with van der Waals surface area (Å²) < 4.78 is 7.08. The number of nitrogens with zero attached hydrogens (tertiary/aromatic N) is 4. The Hall–Kier alpha value is -3.39. The Morgan fingerprint density at radius 3 is 2.63 bits per heavy atom. The maximum Gasteiger partial charge on any atom is 0.256 e. The van der Waals surface area contributed by atoms with E-state index in [1.165, 1.54) is 11.8 Å². The summed E-state index contributed by atoms with van der Waals surface area (Å²) in [6, 6.07) is 15.3. The first-order chi connectivity index (χ1) is 14.6. The summed E-state index contributed by atoms with van der Waals surface area (Å²) in [6.07, 6.45) is 3.74. The fraction of sp³-hybridized carbons (Fsp3) is 0.182. The van der Waals surface area contributed by atoms with Crippen molar-refractivity contribution in [2.75, 3.05) is 5.32 Å². The first-order valence-corrected chi connectivity index (χ1v) is 10.5. The zero-order valence-corrected chi connectivity index (χ0v) is 17.5. The molecule has 2 aromatic carbocycles. The van der Waals surface area contributed by atoms with Crippen LogP contribution in [0.25, 0.3) is 0 Å². The quantitative estimate of drug-likeness (QED) is 0.445. The molecule has 30 heavy (non-hydrogen) atoms. The minimum Gasteiger partial charge on any atom is -0.340 e. The van der Waals surface area contributed by atoms with E-state index in [1.807, 2.05) is 61.7 Å². The van der Waals surface area contributed by atoms with Crippen LogP contribution in [0, 0.1) is 13.8 Å². The molecular weight excluding hydrogens is 398 g/mol. The topological polar surface area (TPSA) is 85.8 Å². The Labute approximate surface area is 178 Å². The lowest BCUT2D eigenvalue weighted by molar-refractivity contribution is 0.102. The van der Waals surface area contributed by atoms with Crippen LogP contribution in [0.15, 0.2) is 70.3 Å². The van der Waals surface area contributed by atoms with E-state index in [1.54, 1.807) is 13.1 Å². The highest BCUT2D eigenvalue weighted by atomic mass is 32.2. The molecule has 2 heterocycles. The van der Waals surface area contributed by atoms with Gasteiger partial charge in [-0.2, -0.15) is 4.98 Å². The van der Waals surface area contributed by atoms with Crippen molar-refractivity contribution in [1.29, 1.82) is 0 Å². The summed E-state index contributed by atoms with van der Waals surface area (Å²) in [5.41, 5.74) is 2.50. The SMILES string of the molecule is Cc1nc(CSc2ccccc2C(=O)Nc2ccc(Cn3ccnc3C)cc2)no1. The van der Waals surface area contributed by atoms with Crippen molar-refractivity contribution in [2.45, 2.75) is 31.0 Å². The summed E-state index contributed by atoms with van der Waals surface area (Å²) >= 11 is 1.50. The van der Waals surface area contributed by atoms with Gasteiger partial charge in [0, 0.05) is 36.4 Å². The van der Waals surface area contributed by atoms with E-state index in [9.17, 15) is 4.79 Å². The predicted octanol–water partition coefficient (Wildman–Crippen LogP) is 4.48. The molecule has 0 saturated heterocycles. The van der Waals surface area contributed by atoms with Gasteiger partial charge in [0.25, 0.3) is 5.91 Å². The molecule has 0 unspecified atom stereocenters. The molecule has 0 aliphatic rings. The number of aromatic nitrogens is 4. The van der Waals surface area contributed by atoms with Crippen LogP contribution in [0.3, 0.4) is 0 Å². The minimum atomic E-state index is -0.152. The van der Waals surface area contributed by atoms with Crippen LogP contribution in [-0.4, -0.2) is 25.6 Å². The van der Waals surface area contributed by atoms with Gasteiger partial charge in [0.05, 0.1) is 11.3 Å². The zero-order chi connectivity index (χ0) is 20.9. The van der Waals surface area contributed by atoms with E-state index in [4.69, 9.17) is 4.52 Å². The van der Waals surface area contributed by atoms with Gasteiger partial charge in [-0.05, 0) is 36.8 Å². The van der Waals surface area contributed by atoms with Crippen LogP contribution in [0.1, 0.15) is 33.5 Å². The first-order valence-electron chi connectivity index (χ1n) is 9.47. The van der Waals surface area contributed by atoms with Gasteiger partial charge in [-0.1, -0.05) is 29.4 Å². The largest absolute Gasteiger partial charge is 0.340 e. The van der Waals surface area contributed by atoms with Gasteiger partial charge in [0.15, 0.2) is 5.82 Å². The van der Waals surface area contributed by atoms with Crippen molar-refractivity contribution in [3.05, 3.63) is 89.6 Å². The third-order valence-corrected chi connectivity index (χ3v) is 5.62. The summed E-state index contributed by atoms with van der Waals surface area (Å²) in [6.45, 7) is 4.48. The second-order valence-electron chi connectivity index (χ2n) is 6.77. The highest BCUT2D eigenvalue weighted by molar-refractivity contribution is 7.98. The molecule has 0 bridgehead atoms. The fourth-order valence-electron chi connectivity index (χ4n) is 2.98. The third kappa shape index (κ3) is 4.77. The summed E-state index contributed by atoms with van der Waals surface area (Å²) in [7, 11) is 0.